The van der Waals surface area contributed by atoms with Crippen LogP contribution in [-0.2, 0) is 27.9 Å². The van der Waals surface area contributed by atoms with Gasteiger partial charge >= 0.3 is 13.8 Å². The quantitative estimate of drug-likeness (QED) is 0.0285. The van der Waals surface area contributed by atoms with Crippen LogP contribution in [0.5, 0.6) is 0 Å². The predicted octanol–water partition coefficient (Wildman–Crippen LogP) is 11.3. The highest BCUT2D eigenvalue weighted by Gasteiger charge is 2.25. The Bertz CT molecular complexity index is 1150. The van der Waals surface area contributed by atoms with Gasteiger partial charge in [-0.1, -0.05) is 136 Å². The van der Waals surface area contributed by atoms with Crippen molar-refractivity contribution in [3.63, 3.8) is 0 Å². The molecule has 2 unspecified atom stereocenters. The van der Waals surface area contributed by atoms with E-state index in [1.807, 2.05) is 12.2 Å². The van der Waals surface area contributed by atoms with Gasteiger partial charge in [-0.05, 0) is 83.5 Å². The first-order chi connectivity index (χ1) is 25.4. The summed E-state index contributed by atoms with van der Waals surface area (Å²) in [4.78, 5) is 22.3. The Balaban J connectivity index is 4.25. The van der Waals surface area contributed by atoms with Gasteiger partial charge in [0.25, 0.3) is 0 Å². The van der Waals surface area contributed by atoms with E-state index in [0.29, 0.717) is 13.0 Å². The van der Waals surface area contributed by atoms with E-state index in [2.05, 4.69) is 111 Å². The fraction of sp³-hybridized carbons (Fsp3) is 0.558. The molecule has 0 spiro atoms. The molecule has 0 aliphatic rings. The highest BCUT2D eigenvalue weighted by atomic mass is 31.2. The van der Waals surface area contributed by atoms with Gasteiger partial charge in [-0.2, -0.15) is 0 Å². The number of nitrogens with two attached hydrogens (primary N) is 1. The minimum Gasteiger partial charge on any atom is -0.457 e. The number of hydrogen-bond acceptors (Lipinski definition) is 7. The number of carbonyl (C=O) groups is 1. The topological polar surface area (TPSA) is 117 Å². The summed E-state index contributed by atoms with van der Waals surface area (Å²) in [6.07, 6.45) is 52.7. The zero-order chi connectivity index (χ0) is 38.1. The molecule has 0 rings (SSSR count). The summed E-state index contributed by atoms with van der Waals surface area (Å²) in [5.41, 5.74) is 5.35. The number of phosphoric ester groups is 1. The van der Waals surface area contributed by atoms with E-state index in [0.717, 1.165) is 89.9 Å². The number of ether oxygens (including phenoxy) is 2. The molecule has 0 saturated carbocycles. The summed E-state index contributed by atoms with van der Waals surface area (Å²) in [5, 5.41) is 0. The lowest BCUT2D eigenvalue weighted by atomic mass is 10.1. The first-order valence-electron chi connectivity index (χ1n) is 19.4. The van der Waals surface area contributed by atoms with Crippen LogP contribution in [0.15, 0.2) is 109 Å². The van der Waals surface area contributed by atoms with Crippen LogP contribution < -0.4 is 5.73 Å². The van der Waals surface area contributed by atoms with Gasteiger partial charge in [0.05, 0.1) is 19.8 Å². The lowest BCUT2D eigenvalue weighted by Crippen LogP contribution is -2.28. The van der Waals surface area contributed by atoms with E-state index < -0.39 is 19.9 Å². The van der Waals surface area contributed by atoms with Crippen molar-refractivity contribution in [3.8, 4) is 0 Å². The van der Waals surface area contributed by atoms with E-state index in [1.54, 1.807) is 0 Å². The van der Waals surface area contributed by atoms with Crippen LogP contribution >= 0.6 is 7.82 Å². The van der Waals surface area contributed by atoms with E-state index in [-0.39, 0.29) is 32.8 Å². The molecule has 0 aromatic carbocycles. The van der Waals surface area contributed by atoms with Crippen molar-refractivity contribution in [2.45, 2.75) is 123 Å². The number of phosphoric acid groups is 1. The van der Waals surface area contributed by atoms with Gasteiger partial charge in [0.15, 0.2) is 0 Å². The summed E-state index contributed by atoms with van der Waals surface area (Å²) < 4.78 is 33.2. The molecule has 294 valence electrons. The number of hydrogen-bond donors (Lipinski definition) is 2. The highest BCUT2D eigenvalue weighted by Crippen LogP contribution is 2.43. The average molecular weight is 744 g/mol. The molecule has 0 aromatic heterocycles. The summed E-state index contributed by atoms with van der Waals surface area (Å²) in [5.74, 6) is -0.426. The van der Waals surface area contributed by atoms with Crippen molar-refractivity contribution in [1.82, 2.24) is 0 Å². The number of rotatable bonds is 35. The maximum atomic E-state index is 12.5. The van der Waals surface area contributed by atoms with Gasteiger partial charge in [-0.3, -0.25) is 13.8 Å². The third kappa shape index (κ3) is 38.4. The molecule has 0 radical (unpaired) electrons. The Morgan fingerprint density at radius 2 is 1.02 bits per heavy atom. The molecule has 3 N–H and O–H groups in total. The minimum atomic E-state index is -4.31. The molecule has 0 aliphatic heterocycles. The lowest BCUT2D eigenvalue weighted by Gasteiger charge is -2.19. The summed E-state index contributed by atoms with van der Waals surface area (Å²) in [6.45, 7) is 4.47. The minimum absolute atomic E-state index is 0.0621. The second-order valence-corrected chi connectivity index (χ2v) is 13.5. The summed E-state index contributed by atoms with van der Waals surface area (Å²) >= 11 is 0. The summed E-state index contributed by atoms with van der Waals surface area (Å²) in [7, 11) is -4.31. The zero-order valence-corrected chi connectivity index (χ0v) is 33.1. The van der Waals surface area contributed by atoms with Crippen molar-refractivity contribution in [2.75, 3.05) is 33.0 Å². The van der Waals surface area contributed by atoms with Crippen LogP contribution in [0.1, 0.15) is 117 Å². The molecular weight excluding hydrogens is 673 g/mol. The zero-order valence-electron chi connectivity index (χ0n) is 32.2. The van der Waals surface area contributed by atoms with E-state index >= 15 is 0 Å². The van der Waals surface area contributed by atoms with Crippen molar-refractivity contribution < 1.29 is 32.8 Å². The van der Waals surface area contributed by atoms with Gasteiger partial charge in [-0.15, -0.1) is 0 Å². The van der Waals surface area contributed by atoms with Crippen LogP contribution in [0.4, 0.5) is 0 Å². The Morgan fingerprint density at radius 1 is 0.577 bits per heavy atom. The normalized spacial score (nSPS) is 14.8. The molecule has 0 saturated heterocycles. The number of esters is 1. The molecule has 0 amide bonds. The van der Waals surface area contributed by atoms with E-state index in [9.17, 15) is 14.3 Å². The Kier molecular flexibility index (Phi) is 37.2. The molecule has 52 heavy (non-hydrogen) atoms. The first-order valence-corrected chi connectivity index (χ1v) is 20.9. The average Bonchev–Trinajstić information content (AvgIpc) is 3.13. The number of carbonyl (C=O) groups excluding carboxylic acids is 1. The van der Waals surface area contributed by atoms with Crippen molar-refractivity contribution in [3.05, 3.63) is 109 Å². The molecule has 0 bridgehead atoms. The van der Waals surface area contributed by atoms with Gasteiger partial charge in [0.1, 0.15) is 6.10 Å². The van der Waals surface area contributed by atoms with E-state index in [4.69, 9.17) is 24.3 Å². The number of unbranched alkanes of at least 4 members (excludes halogenated alkanes) is 4. The second-order valence-electron chi connectivity index (χ2n) is 12.0. The largest absolute Gasteiger partial charge is 0.472 e. The van der Waals surface area contributed by atoms with Crippen LogP contribution in [0.3, 0.4) is 0 Å². The van der Waals surface area contributed by atoms with Crippen molar-refractivity contribution in [1.29, 1.82) is 0 Å². The van der Waals surface area contributed by atoms with E-state index in [1.165, 1.54) is 0 Å². The lowest BCUT2D eigenvalue weighted by molar-refractivity contribution is -0.154. The van der Waals surface area contributed by atoms with Crippen LogP contribution in [0, 0.1) is 0 Å². The highest BCUT2D eigenvalue weighted by molar-refractivity contribution is 7.47. The van der Waals surface area contributed by atoms with Crippen LogP contribution in [-0.4, -0.2) is 49.9 Å². The first kappa shape index (κ1) is 49.2. The second kappa shape index (κ2) is 39.4. The Morgan fingerprint density at radius 3 is 1.50 bits per heavy atom. The monoisotopic (exact) mass is 743 g/mol. The van der Waals surface area contributed by atoms with Crippen molar-refractivity contribution in [2.24, 2.45) is 5.73 Å². The maximum absolute atomic E-state index is 12.5. The SMILES string of the molecule is CC/C=C\C/C=C\C/C=C\C/C=C\C/C=C\CCCCCCOCC(COP(=O)(O)OCCN)OC(=O)CC/C=C\C/C=C\C/C=C\C/C=C\CC. The fourth-order valence-corrected chi connectivity index (χ4v) is 5.21. The maximum Gasteiger partial charge on any atom is 0.472 e. The smallest absolute Gasteiger partial charge is 0.457 e. The molecule has 9 heteroatoms. The third-order valence-electron chi connectivity index (χ3n) is 7.20. The van der Waals surface area contributed by atoms with Crippen LogP contribution in [0.25, 0.3) is 0 Å². The van der Waals surface area contributed by atoms with Gasteiger partial charge in [0.2, 0.25) is 0 Å². The summed E-state index contributed by atoms with van der Waals surface area (Å²) in [6, 6.07) is 0. The standard InChI is InChI=1S/C43H70NO7P/c1-3-5-7-9-11-13-15-17-18-19-20-21-22-23-25-27-29-31-33-35-38-48-40-42(41-50-52(46,47)49-39-37-44)51-43(45)36-34-32-30-28-26-24-16-14-12-10-8-6-4-2/h5-8,11-14,17-18,20-21,23-26,30,32,42H,3-4,9-10,15-16,19,22,27-29,31,33-41,44H2,1-2H3,(H,46,47)/b7-5-,8-6-,13-11-,14-12-,18-17-,21-20-,25-23-,26-24-,32-30-. The molecule has 0 aliphatic carbocycles. The van der Waals surface area contributed by atoms with Gasteiger partial charge < -0.3 is 20.1 Å². The molecule has 2 atom stereocenters. The van der Waals surface area contributed by atoms with Gasteiger partial charge in [-0.25, -0.2) is 4.57 Å². The molecule has 0 heterocycles. The van der Waals surface area contributed by atoms with Gasteiger partial charge in [0, 0.05) is 19.6 Å². The molecule has 8 nitrogen and oxygen atoms in total. The molecular formula is C43H70NO7P. The predicted molar refractivity (Wildman–Crippen MR) is 219 cm³/mol. The van der Waals surface area contributed by atoms with Crippen molar-refractivity contribution >= 4 is 13.8 Å². The molecule has 0 aromatic rings. The Hall–Kier alpha value is -2.84. The van der Waals surface area contributed by atoms with Crippen LogP contribution in [0.2, 0.25) is 0 Å². The number of allylic oxidation sites excluding steroid dienone is 18. The fourth-order valence-electron chi connectivity index (χ4n) is 4.45. The molecule has 0 fully saturated rings. The Labute approximate surface area is 316 Å². The third-order valence-corrected chi connectivity index (χ3v) is 8.18.